The summed E-state index contributed by atoms with van der Waals surface area (Å²) in [7, 11) is 0. The quantitative estimate of drug-likeness (QED) is 0.0284. The van der Waals surface area contributed by atoms with E-state index in [0.29, 0.717) is 12.8 Å². The van der Waals surface area contributed by atoms with Crippen molar-refractivity contribution in [3.8, 4) is 0 Å². The Morgan fingerprint density at radius 1 is 0.564 bits per heavy atom. The Kier molecular flexibility index (Phi) is 32.8. The molecule has 1 rings (SSSR count). The molecule has 55 heavy (non-hydrogen) atoms. The van der Waals surface area contributed by atoms with E-state index in [0.717, 1.165) is 83.5 Å². The maximum absolute atomic E-state index is 12.7. The van der Waals surface area contributed by atoms with Gasteiger partial charge in [-0.25, -0.2) is 0 Å². The first-order valence-corrected chi connectivity index (χ1v) is 21.4. The van der Waals surface area contributed by atoms with Crippen LogP contribution < -0.4 is 0 Å². The molecule has 10 nitrogen and oxygen atoms in total. The summed E-state index contributed by atoms with van der Waals surface area (Å²) in [6, 6.07) is 0. The van der Waals surface area contributed by atoms with E-state index >= 15 is 0 Å². The van der Waals surface area contributed by atoms with E-state index in [2.05, 4.69) is 74.6 Å². The van der Waals surface area contributed by atoms with Crippen molar-refractivity contribution in [1.29, 1.82) is 0 Å². The second-order valence-electron chi connectivity index (χ2n) is 14.4. The summed E-state index contributed by atoms with van der Waals surface area (Å²) >= 11 is 0. The van der Waals surface area contributed by atoms with E-state index in [4.69, 9.17) is 18.9 Å². The lowest BCUT2D eigenvalue weighted by Gasteiger charge is -2.39. The first-order valence-electron chi connectivity index (χ1n) is 21.4. The smallest absolute Gasteiger partial charge is 0.306 e. The second kappa shape index (κ2) is 35.8. The Labute approximate surface area is 332 Å². The molecule has 0 bridgehead atoms. The Hall–Kier alpha value is -2.60. The fourth-order valence-electron chi connectivity index (χ4n) is 5.94. The topological polar surface area (TPSA) is 152 Å². The predicted octanol–water partition coefficient (Wildman–Crippen LogP) is 8.66. The van der Waals surface area contributed by atoms with Gasteiger partial charge in [-0.05, 0) is 77.0 Å². The molecule has 0 amide bonds. The molecule has 1 heterocycles. The van der Waals surface area contributed by atoms with Crippen molar-refractivity contribution in [1.82, 2.24) is 0 Å². The van der Waals surface area contributed by atoms with Crippen LogP contribution in [0.2, 0.25) is 0 Å². The number of carbonyl (C=O) groups is 2. The van der Waals surface area contributed by atoms with Gasteiger partial charge in [-0.3, -0.25) is 9.59 Å². The number of esters is 2. The van der Waals surface area contributed by atoms with Crippen LogP contribution in [0.25, 0.3) is 0 Å². The lowest BCUT2D eigenvalue weighted by Crippen LogP contribution is -2.59. The van der Waals surface area contributed by atoms with Crippen LogP contribution in [0.4, 0.5) is 0 Å². The fourth-order valence-corrected chi connectivity index (χ4v) is 5.94. The molecule has 4 N–H and O–H groups in total. The Morgan fingerprint density at radius 3 is 1.64 bits per heavy atom. The third-order valence-corrected chi connectivity index (χ3v) is 9.36. The van der Waals surface area contributed by atoms with Gasteiger partial charge in [0.1, 0.15) is 31.0 Å². The SMILES string of the molecule is CCC/C=C/C/C=C/C/C=C/C/C=C/CCCCCC(=O)OC[C@@H](CO[C@H]1O[C@@H](CO)[C@@H](O)C(O)C1O)OC(=O)CCCCCCC/C=C/CCCCCC. The summed E-state index contributed by atoms with van der Waals surface area (Å²) in [5.74, 6) is -0.859. The fraction of sp³-hybridized carbons (Fsp3) is 0.733. The molecule has 6 atom stereocenters. The number of ether oxygens (including phenoxy) is 4. The van der Waals surface area contributed by atoms with Crippen LogP contribution in [-0.4, -0.2) is 89.0 Å². The molecule has 316 valence electrons. The molecule has 0 aromatic rings. The summed E-state index contributed by atoms with van der Waals surface area (Å²) in [6.45, 7) is 3.28. The van der Waals surface area contributed by atoms with Crippen LogP contribution >= 0.6 is 0 Å². The number of allylic oxidation sites excluding steroid dienone is 10. The number of unbranched alkanes of at least 4 members (excludes halogenated alkanes) is 13. The summed E-state index contributed by atoms with van der Waals surface area (Å²) in [6.07, 6.45) is 35.1. The first-order chi connectivity index (χ1) is 26.8. The van der Waals surface area contributed by atoms with E-state index in [-0.39, 0.29) is 26.1 Å². The highest BCUT2D eigenvalue weighted by molar-refractivity contribution is 5.70. The largest absolute Gasteiger partial charge is 0.462 e. The summed E-state index contributed by atoms with van der Waals surface area (Å²) in [5, 5.41) is 40.0. The van der Waals surface area contributed by atoms with E-state index in [1.807, 2.05) is 0 Å². The van der Waals surface area contributed by atoms with Gasteiger partial charge in [0.25, 0.3) is 0 Å². The number of rotatable bonds is 34. The molecule has 0 spiro atoms. The molecular weight excluding hydrogens is 700 g/mol. The minimum absolute atomic E-state index is 0.210. The van der Waals surface area contributed by atoms with Crippen molar-refractivity contribution in [3.05, 3.63) is 60.8 Å². The van der Waals surface area contributed by atoms with Crippen LogP contribution in [0, 0.1) is 0 Å². The number of carbonyl (C=O) groups excluding carboxylic acids is 2. The molecule has 1 fully saturated rings. The zero-order valence-electron chi connectivity index (χ0n) is 34.2. The van der Waals surface area contributed by atoms with Crippen molar-refractivity contribution in [2.45, 2.75) is 192 Å². The van der Waals surface area contributed by atoms with Crippen LogP contribution in [0.1, 0.15) is 155 Å². The molecule has 0 aliphatic carbocycles. The Morgan fingerprint density at radius 2 is 1.05 bits per heavy atom. The Balaban J connectivity index is 2.39. The standard InChI is InChI=1S/C45H76O10/c1-3-5-7-9-11-13-15-17-18-19-20-22-23-25-27-29-31-33-40(47)52-36-38(37-53-45-44(51)43(50)42(49)39(35-46)55-45)54-41(48)34-32-30-28-26-24-21-16-14-12-10-8-6-4-2/h7,9,13-16,18-19,22-23,38-39,42-46,49-51H,3-6,8,10-12,17,20-21,24-37H2,1-2H3/b9-7+,15-13+,16-14+,19-18+,23-22+/t38-,39-,42+,43?,44?,45-/m0/s1. The van der Waals surface area contributed by atoms with E-state index in [1.165, 1.54) is 32.1 Å². The molecule has 0 saturated carbocycles. The van der Waals surface area contributed by atoms with Gasteiger partial charge in [-0.2, -0.15) is 0 Å². The summed E-state index contributed by atoms with van der Waals surface area (Å²) in [4.78, 5) is 25.3. The van der Waals surface area contributed by atoms with Gasteiger partial charge in [-0.1, -0.05) is 126 Å². The van der Waals surface area contributed by atoms with E-state index in [9.17, 15) is 30.0 Å². The van der Waals surface area contributed by atoms with Gasteiger partial charge >= 0.3 is 11.9 Å². The normalized spacial score (nSPS) is 21.2. The zero-order chi connectivity index (χ0) is 40.2. The van der Waals surface area contributed by atoms with Crippen LogP contribution in [0.3, 0.4) is 0 Å². The lowest BCUT2D eigenvalue weighted by molar-refractivity contribution is -0.305. The van der Waals surface area contributed by atoms with Crippen molar-refractivity contribution in [3.63, 3.8) is 0 Å². The highest BCUT2D eigenvalue weighted by atomic mass is 16.7. The molecule has 1 aliphatic heterocycles. The van der Waals surface area contributed by atoms with Crippen LogP contribution in [0.15, 0.2) is 60.8 Å². The van der Waals surface area contributed by atoms with Gasteiger partial charge < -0.3 is 39.4 Å². The highest BCUT2D eigenvalue weighted by Crippen LogP contribution is 2.22. The van der Waals surface area contributed by atoms with Crippen LogP contribution in [-0.2, 0) is 28.5 Å². The third-order valence-electron chi connectivity index (χ3n) is 9.36. The number of hydrogen-bond acceptors (Lipinski definition) is 10. The van der Waals surface area contributed by atoms with Crippen LogP contribution in [0.5, 0.6) is 0 Å². The van der Waals surface area contributed by atoms with Crippen molar-refractivity contribution >= 4 is 11.9 Å². The van der Waals surface area contributed by atoms with Gasteiger partial charge in [0.15, 0.2) is 12.4 Å². The molecule has 0 radical (unpaired) electrons. The molecule has 0 aromatic carbocycles. The summed E-state index contributed by atoms with van der Waals surface area (Å²) < 4.78 is 22.1. The molecule has 10 heteroatoms. The third kappa shape index (κ3) is 27.6. The first kappa shape index (κ1) is 50.4. The van der Waals surface area contributed by atoms with Gasteiger partial charge in [-0.15, -0.1) is 0 Å². The summed E-state index contributed by atoms with van der Waals surface area (Å²) in [5.41, 5.74) is 0. The maximum Gasteiger partial charge on any atom is 0.306 e. The Bertz CT molecular complexity index is 1080. The van der Waals surface area contributed by atoms with Gasteiger partial charge in [0.2, 0.25) is 0 Å². The maximum atomic E-state index is 12.7. The van der Waals surface area contributed by atoms with Gasteiger partial charge in [0, 0.05) is 12.8 Å². The van der Waals surface area contributed by atoms with Crippen molar-refractivity contribution in [2.24, 2.45) is 0 Å². The second-order valence-corrected chi connectivity index (χ2v) is 14.4. The molecule has 0 aromatic heterocycles. The highest BCUT2D eigenvalue weighted by Gasteiger charge is 2.44. The minimum Gasteiger partial charge on any atom is -0.462 e. The van der Waals surface area contributed by atoms with Gasteiger partial charge in [0.05, 0.1) is 13.2 Å². The number of aliphatic hydroxyl groups excluding tert-OH is 4. The lowest BCUT2D eigenvalue weighted by atomic mass is 9.99. The minimum atomic E-state index is -1.60. The average Bonchev–Trinajstić information content (AvgIpc) is 3.18. The predicted molar refractivity (Wildman–Crippen MR) is 219 cm³/mol. The molecule has 1 aliphatic rings. The average molecular weight is 777 g/mol. The van der Waals surface area contributed by atoms with E-state index < -0.39 is 55.4 Å². The molecule has 2 unspecified atom stereocenters. The molecular formula is C45H76O10. The number of aliphatic hydroxyl groups is 4. The van der Waals surface area contributed by atoms with E-state index in [1.54, 1.807) is 0 Å². The monoisotopic (exact) mass is 777 g/mol. The molecule has 1 saturated heterocycles. The number of hydrogen-bond donors (Lipinski definition) is 4. The van der Waals surface area contributed by atoms with Crippen molar-refractivity contribution < 1.29 is 49.0 Å². The van der Waals surface area contributed by atoms with Crippen molar-refractivity contribution in [2.75, 3.05) is 19.8 Å². The zero-order valence-corrected chi connectivity index (χ0v) is 34.2.